The van der Waals surface area contributed by atoms with Crippen molar-refractivity contribution < 1.29 is 15.8 Å². The minimum Gasteiger partial charge on any atom is -0.502 e. The van der Waals surface area contributed by atoms with Crippen LogP contribution in [0.1, 0.15) is 0 Å². The van der Waals surface area contributed by atoms with E-state index >= 15 is 0 Å². The summed E-state index contributed by atoms with van der Waals surface area (Å²) in [6.45, 7) is 0. The molecule has 12 heavy (non-hydrogen) atoms. The highest BCUT2D eigenvalue weighted by Gasteiger charge is 2.09. The molecule has 0 atom stereocenters. The first-order valence-electron chi connectivity index (χ1n) is 3.73. The Bertz CT molecular complexity index is 385. The zero-order valence-corrected chi connectivity index (χ0v) is 6.54. The van der Waals surface area contributed by atoms with Crippen molar-refractivity contribution >= 4 is 16.6 Å². The Balaban J connectivity index is 2.95. The van der Waals surface area contributed by atoms with Crippen molar-refractivity contribution in [1.29, 1.82) is 0 Å². The minimum absolute atomic E-state index is 0.262. The average Bonchev–Trinajstić information content (AvgIpc) is 2.12. The van der Waals surface area contributed by atoms with Crippen LogP contribution in [-0.2, 0) is 0 Å². The second-order valence-corrected chi connectivity index (χ2v) is 2.70. The zero-order valence-electron chi connectivity index (χ0n) is 6.54. The van der Waals surface area contributed by atoms with Crippen LogP contribution in [0.5, 0.6) is 5.75 Å². The summed E-state index contributed by atoms with van der Waals surface area (Å²) in [5.41, 5.74) is 5.52. The Morgan fingerprint density at radius 3 is 2.83 bits per heavy atom. The number of aromatic hydroxyl groups is 1. The zero-order chi connectivity index (χ0) is 8.55. The number of hydrogen-bond acceptors (Lipinski definition) is 1. The second kappa shape index (κ2) is 2.46. The van der Waals surface area contributed by atoms with Crippen molar-refractivity contribution in [3.05, 3.63) is 30.5 Å². The summed E-state index contributed by atoms with van der Waals surface area (Å²) in [5, 5.41) is 10.4. The molecule has 0 saturated carbocycles. The lowest BCUT2D eigenvalue weighted by molar-refractivity contribution is -0.345. The number of hydrogen-bond donors (Lipinski definition) is 2. The van der Waals surface area contributed by atoms with Gasteiger partial charge in [0.15, 0.2) is 11.9 Å². The van der Waals surface area contributed by atoms with Crippen molar-refractivity contribution in [1.82, 2.24) is 0 Å². The van der Waals surface area contributed by atoms with Gasteiger partial charge >= 0.3 is 0 Å². The number of rotatable bonds is 0. The van der Waals surface area contributed by atoms with Crippen molar-refractivity contribution in [2.45, 2.75) is 0 Å². The maximum absolute atomic E-state index is 9.44. The monoisotopic (exact) mass is 162 g/mol. The van der Waals surface area contributed by atoms with Crippen LogP contribution in [0.3, 0.4) is 0 Å². The predicted octanol–water partition coefficient (Wildman–Crippen LogP) is 0.233. The standard InChI is InChI=1S/C9H8N2O/c10-7-3-4-8(12)9-6(7)2-1-5-11-9/h1-5,12H,10H2/p+2. The molecule has 1 heterocycles. The number of quaternary nitrogens is 1. The number of benzene rings is 1. The van der Waals surface area contributed by atoms with Crippen molar-refractivity contribution in [2.75, 3.05) is 0 Å². The molecule has 0 spiro atoms. The highest BCUT2D eigenvalue weighted by atomic mass is 16.3. The molecule has 0 bridgehead atoms. The largest absolute Gasteiger partial charge is 0.502 e. The number of phenolic OH excluding ortho intramolecular Hbond substituents is 1. The lowest BCUT2D eigenvalue weighted by Gasteiger charge is -1.94. The molecule has 0 saturated heterocycles. The first-order valence-corrected chi connectivity index (χ1v) is 3.73. The van der Waals surface area contributed by atoms with E-state index in [1.807, 2.05) is 12.1 Å². The smallest absolute Gasteiger partial charge is 0.259 e. The maximum atomic E-state index is 9.44. The third kappa shape index (κ3) is 0.914. The van der Waals surface area contributed by atoms with Crippen LogP contribution in [0.4, 0.5) is 5.69 Å². The first-order chi connectivity index (χ1) is 5.79. The molecule has 60 valence electrons. The summed E-state index contributed by atoms with van der Waals surface area (Å²) >= 11 is 0. The summed E-state index contributed by atoms with van der Waals surface area (Å²) in [4.78, 5) is 2.97. The Labute approximate surface area is 69.5 Å². The quantitative estimate of drug-likeness (QED) is 0.572. The van der Waals surface area contributed by atoms with E-state index in [9.17, 15) is 5.11 Å². The van der Waals surface area contributed by atoms with E-state index in [-0.39, 0.29) is 5.75 Å². The number of aromatic nitrogens is 1. The van der Waals surface area contributed by atoms with Crippen LogP contribution < -0.4 is 10.7 Å². The van der Waals surface area contributed by atoms with Gasteiger partial charge in [-0.25, -0.2) is 4.98 Å². The fraction of sp³-hybridized carbons (Fsp3) is 0. The van der Waals surface area contributed by atoms with E-state index in [4.69, 9.17) is 0 Å². The number of phenols is 1. The summed E-state index contributed by atoms with van der Waals surface area (Å²) in [6.07, 6.45) is 1.78. The fourth-order valence-corrected chi connectivity index (χ4v) is 1.27. The molecular weight excluding hydrogens is 152 g/mol. The normalized spacial score (nSPS) is 10.4. The number of aromatic amines is 1. The predicted molar refractivity (Wildman–Crippen MR) is 44.7 cm³/mol. The van der Waals surface area contributed by atoms with Crippen LogP contribution in [0.25, 0.3) is 10.9 Å². The van der Waals surface area contributed by atoms with Gasteiger partial charge in [0.05, 0.1) is 0 Å². The molecule has 5 N–H and O–H groups in total. The van der Waals surface area contributed by atoms with Crippen LogP contribution in [0, 0.1) is 0 Å². The molecule has 3 heteroatoms. The first kappa shape index (κ1) is 7.06. The number of H-pyrrole nitrogens is 1. The SMILES string of the molecule is [NH3+]c1ccc(O)c2[nH+]cccc12. The van der Waals surface area contributed by atoms with E-state index in [1.165, 1.54) is 0 Å². The molecule has 0 aliphatic rings. The third-order valence-electron chi connectivity index (χ3n) is 1.90. The highest BCUT2D eigenvalue weighted by Crippen LogP contribution is 2.23. The van der Waals surface area contributed by atoms with E-state index in [2.05, 4.69) is 10.7 Å². The molecular formula is C9H10N2O+2. The number of nitrogens with one attached hydrogen (secondary N) is 1. The van der Waals surface area contributed by atoms with Crippen LogP contribution in [0.2, 0.25) is 0 Å². The molecule has 0 radical (unpaired) electrons. The van der Waals surface area contributed by atoms with Gasteiger partial charge in [-0.05, 0) is 12.1 Å². The lowest BCUT2D eigenvalue weighted by Crippen LogP contribution is -2.40. The van der Waals surface area contributed by atoms with Gasteiger partial charge in [0.1, 0.15) is 11.1 Å². The number of fused-ring (bicyclic) bond motifs is 1. The second-order valence-electron chi connectivity index (χ2n) is 2.70. The summed E-state index contributed by atoms with van der Waals surface area (Å²) in [6, 6.07) is 7.25. The van der Waals surface area contributed by atoms with E-state index in [0.717, 1.165) is 16.6 Å². The van der Waals surface area contributed by atoms with Crippen LogP contribution >= 0.6 is 0 Å². The summed E-state index contributed by atoms with van der Waals surface area (Å²) in [7, 11) is 0. The molecule has 0 amide bonds. The molecule has 0 aliphatic carbocycles. The maximum Gasteiger partial charge on any atom is 0.259 e. The molecule has 2 aromatic rings. The van der Waals surface area contributed by atoms with Gasteiger partial charge in [0.25, 0.3) is 5.52 Å². The van der Waals surface area contributed by atoms with Crippen molar-refractivity contribution in [2.24, 2.45) is 0 Å². The molecule has 0 aliphatic heterocycles. The van der Waals surface area contributed by atoms with Crippen LogP contribution in [0.15, 0.2) is 30.5 Å². The molecule has 2 rings (SSSR count). The Hall–Kier alpha value is -1.61. The van der Waals surface area contributed by atoms with E-state index in [1.54, 1.807) is 18.3 Å². The van der Waals surface area contributed by atoms with Gasteiger partial charge in [-0.1, -0.05) is 0 Å². The molecule has 3 nitrogen and oxygen atoms in total. The Morgan fingerprint density at radius 2 is 2.08 bits per heavy atom. The number of pyridine rings is 1. The lowest BCUT2D eigenvalue weighted by atomic mass is 10.2. The summed E-state index contributed by atoms with van der Waals surface area (Å²) in [5.74, 6) is 0.262. The van der Waals surface area contributed by atoms with E-state index in [0.29, 0.717) is 0 Å². The van der Waals surface area contributed by atoms with Crippen LogP contribution in [-0.4, -0.2) is 5.11 Å². The third-order valence-corrected chi connectivity index (χ3v) is 1.90. The average molecular weight is 162 g/mol. The molecule has 0 fully saturated rings. The Kier molecular flexibility index (Phi) is 1.45. The fourth-order valence-electron chi connectivity index (χ4n) is 1.27. The molecule has 0 unspecified atom stereocenters. The van der Waals surface area contributed by atoms with Gasteiger partial charge in [0.2, 0.25) is 0 Å². The van der Waals surface area contributed by atoms with Gasteiger partial charge in [0, 0.05) is 12.1 Å². The van der Waals surface area contributed by atoms with E-state index < -0.39 is 0 Å². The van der Waals surface area contributed by atoms with Gasteiger partial charge in [-0.15, -0.1) is 0 Å². The van der Waals surface area contributed by atoms with Gasteiger partial charge in [-0.2, -0.15) is 0 Å². The Morgan fingerprint density at radius 1 is 1.25 bits per heavy atom. The van der Waals surface area contributed by atoms with Crippen molar-refractivity contribution in [3.63, 3.8) is 0 Å². The van der Waals surface area contributed by atoms with Gasteiger partial charge < -0.3 is 10.8 Å². The molecule has 1 aromatic heterocycles. The summed E-state index contributed by atoms with van der Waals surface area (Å²) < 4.78 is 0. The topological polar surface area (TPSA) is 62.0 Å². The van der Waals surface area contributed by atoms with Crippen molar-refractivity contribution in [3.8, 4) is 5.75 Å². The minimum atomic E-state index is 0.262. The highest BCUT2D eigenvalue weighted by molar-refractivity contribution is 5.89. The molecule has 1 aromatic carbocycles. The van der Waals surface area contributed by atoms with Gasteiger partial charge in [-0.3, -0.25) is 0 Å².